The Morgan fingerprint density at radius 2 is 1.79 bits per heavy atom. The standard InChI is InChI=1S/C26H43NO5.Na/c1-14(4-7-23(31)32)17-5-6-18-24-19(8-9-25(17,18)2)26(3)15(11-21(24)29)10-16(28)12-20(26)22(30)13-27;/h14-21,24,28-29H,4-13,27H2,1-3H3,(H,31,32);/q;+1/p-1/t14-,15?,16-,17-,18?,19?,20?,21+,24?,25-,26+;/m1./s1. The fourth-order valence-corrected chi connectivity index (χ4v) is 9.45. The summed E-state index contributed by atoms with van der Waals surface area (Å²) in [5, 5.41) is 32.9. The van der Waals surface area contributed by atoms with Gasteiger partial charge in [0.05, 0.1) is 18.8 Å². The summed E-state index contributed by atoms with van der Waals surface area (Å²) in [6.07, 6.45) is 5.85. The Morgan fingerprint density at radius 3 is 2.42 bits per heavy atom. The Kier molecular flexibility index (Phi) is 8.51. The number of carbonyl (C=O) groups excluding carboxylic acids is 2. The number of fused-ring (bicyclic) bond motifs is 5. The van der Waals surface area contributed by atoms with E-state index in [1.54, 1.807) is 0 Å². The van der Waals surface area contributed by atoms with Gasteiger partial charge in [-0.2, -0.15) is 0 Å². The van der Waals surface area contributed by atoms with E-state index in [1.165, 1.54) is 0 Å². The van der Waals surface area contributed by atoms with E-state index < -0.39 is 18.2 Å². The third kappa shape index (κ3) is 4.51. The molecule has 182 valence electrons. The molecule has 6 nitrogen and oxygen atoms in total. The molecule has 4 saturated carbocycles. The number of nitrogens with two attached hydrogens (primary N) is 1. The van der Waals surface area contributed by atoms with E-state index in [9.17, 15) is 24.9 Å². The number of carboxylic acids is 1. The summed E-state index contributed by atoms with van der Waals surface area (Å²) in [5.74, 6) is 0.592. The summed E-state index contributed by atoms with van der Waals surface area (Å²) in [7, 11) is 0. The molecule has 0 heterocycles. The molecule has 5 unspecified atom stereocenters. The Hall–Kier alpha value is 0.0200. The molecule has 0 aliphatic heterocycles. The van der Waals surface area contributed by atoms with Crippen molar-refractivity contribution < 1.29 is 54.5 Å². The van der Waals surface area contributed by atoms with Gasteiger partial charge in [-0.05, 0) is 104 Å². The van der Waals surface area contributed by atoms with E-state index in [0.717, 1.165) is 25.7 Å². The molecule has 0 aromatic heterocycles. The first-order chi connectivity index (χ1) is 15.0. The van der Waals surface area contributed by atoms with Crippen LogP contribution in [-0.2, 0) is 9.59 Å². The van der Waals surface area contributed by atoms with Gasteiger partial charge in [-0.15, -0.1) is 0 Å². The maximum atomic E-state index is 12.9. The van der Waals surface area contributed by atoms with Gasteiger partial charge in [0.2, 0.25) is 0 Å². The van der Waals surface area contributed by atoms with Crippen molar-refractivity contribution in [3.8, 4) is 0 Å². The molecule has 0 aromatic rings. The zero-order valence-electron chi connectivity index (χ0n) is 21.0. The predicted molar refractivity (Wildman–Crippen MR) is 119 cm³/mol. The number of rotatable bonds is 6. The second-order valence-electron chi connectivity index (χ2n) is 12.1. The number of ketones is 1. The molecule has 0 radical (unpaired) electrons. The minimum Gasteiger partial charge on any atom is -0.550 e. The number of carboxylic acid groups (broad SMARTS) is 1. The van der Waals surface area contributed by atoms with E-state index in [0.29, 0.717) is 43.4 Å². The summed E-state index contributed by atoms with van der Waals surface area (Å²) < 4.78 is 0. The third-order valence-electron chi connectivity index (χ3n) is 11.0. The van der Waals surface area contributed by atoms with Gasteiger partial charge >= 0.3 is 29.6 Å². The molecule has 0 saturated heterocycles. The Balaban J connectivity index is 0.00000306. The maximum absolute atomic E-state index is 12.9. The van der Waals surface area contributed by atoms with Gasteiger partial charge in [-0.25, -0.2) is 0 Å². The molecule has 4 rings (SSSR count). The molecule has 11 atom stereocenters. The van der Waals surface area contributed by atoms with E-state index in [1.807, 2.05) is 0 Å². The number of aliphatic hydroxyl groups is 2. The average Bonchev–Trinajstić information content (AvgIpc) is 3.09. The van der Waals surface area contributed by atoms with Gasteiger partial charge in [0.15, 0.2) is 0 Å². The summed E-state index contributed by atoms with van der Waals surface area (Å²) in [5.41, 5.74) is 5.68. The van der Waals surface area contributed by atoms with Gasteiger partial charge in [0.25, 0.3) is 0 Å². The summed E-state index contributed by atoms with van der Waals surface area (Å²) in [6.45, 7) is 6.82. The number of aliphatic carboxylic acids is 1. The largest absolute Gasteiger partial charge is 1.00 e. The number of aliphatic hydroxyl groups excluding tert-OH is 2. The first-order valence-electron chi connectivity index (χ1n) is 12.8. The van der Waals surface area contributed by atoms with Crippen LogP contribution in [0, 0.1) is 52.3 Å². The smallest absolute Gasteiger partial charge is 0.550 e. The maximum Gasteiger partial charge on any atom is 1.00 e. The monoisotopic (exact) mass is 471 g/mol. The van der Waals surface area contributed by atoms with Crippen molar-refractivity contribution in [3.63, 3.8) is 0 Å². The Labute approximate surface area is 220 Å². The first kappa shape index (κ1) is 27.6. The van der Waals surface area contributed by atoms with Gasteiger partial charge in [-0.1, -0.05) is 20.8 Å². The molecule has 0 amide bonds. The van der Waals surface area contributed by atoms with Crippen LogP contribution in [0.1, 0.15) is 78.6 Å². The van der Waals surface area contributed by atoms with Crippen molar-refractivity contribution in [2.45, 2.75) is 90.8 Å². The van der Waals surface area contributed by atoms with E-state index in [4.69, 9.17) is 5.73 Å². The van der Waals surface area contributed by atoms with Gasteiger partial charge in [0.1, 0.15) is 5.78 Å². The molecule has 7 heteroatoms. The topological polar surface area (TPSA) is 124 Å². The number of hydrogen-bond donors (Lipinski definition) is 3. The fraction of sp³-hybridized carbons (Fsp3) is 0.923. The van der Waals surface area contributed by atoms with Crippen molar-refractivity contribution in [2.75, 3.05) is 6.54 Å². The second kappa shape index (κ2) is 10.2. The van der Waals surface area contributed by atoms with Crippen molar-refractivity contribution in [1.29, 1.82) is 0 Å². The molecule has 0 spiro atoms. The molecule has 0 bridgehead atoms. The molecule has 4 aliphatic rings. The van der Waals surface area contributed by atoms with E-state index in [-0.39, 0.29) is 82.8 Å². The zero-order chi connectivity index (χ0) is 23.4. The average molecular weight is 472 g/mol. The first-order valence-corrected chi connectivity index (χ1v) is 12.8. The molecular formula is C26H42NNaO5. The van der Waals surface area contributed by atoms with Gasteiger partial charge in [0, 0.05) is 11.9 Å². The second-order valence-corrected chi connectivity index (χ2v) is 12.1. The summed E-state index contributed by atoms with van der Waals surface area (Å²) in [4.78, 5) is 24.0. The van der Waals surface area contributed by atoms with Gasteiger partial charge in [-0.3, -0.25) is 4.79 Å². The molecule has 4 fully saturated rings. The van der Waals surface area contributed by atoms with E-state index in [2.05, 4.69) is 20.8 Å². The number of Topliss-reactive ketones (excluding diaryl/α,β-unsaturated/α-hetero) is 1. The predicted octanol–water partition coefficient (Wildman–Crippen LogP) is -1.10. The minimum absolute atomic E-state index is 0. The Morgan fingerprint density at radius 1 is 1.09 bits per heavy atom. The normalized spacial score (nSPS) is 47.5. The van der Waals surface area contributed by atoms with Crippen LogP contribution in [0.3, 0.4) is 0 Å². The summed E-state index contributed by atoms with van der Waals surface area (Å²) in [6, 6.07) is 0. The van der Waals surface area contributed by atoms with Crippen LogP contribution in [-0.4, -0.2) is 40.7 Å². The quantitative estimate of drug-likeness (QED) is 0.423. The van der Waals surface area contributed by atoms with Crippen molar-refractivity contribution >= 4 is 11.8 Å². The van der Waals surface area contributed by atoms with Crippen LogP contribution in [0.2, 0.25) is 0 Å². The zero-order valence-corrected chi connectivity index (χ0v) is 23.0. The van der Waals surface area contributed by atoms with Crippen molar-refractivity contribution in [3.05, 3.63) is 0 Å². The van der Waals surface area contributed by atoms with Crippen LogP contribution in [0.15, 0.2) is 0 Å². The molecule has 4 aliphatic carbocycles. The van der Waals surface area contributed by atoms with Crippen LogP contribution >= 0.6 is 0 Å². The molecule has 0 aromatic carbocycles. The van der Waals surface area contributed by atoms with E-state index >= 15 is 0 Å². The number of hydrogen-bond acceptors (Lipinski definition) is 6. The molecule has 4 N–H and O–H groups in total. The van der Waals surface area contributed by atoms with Crippen molar-refractivity contribution in [1.82, 2.24) is 0 Å². The fourth-order valence-electron chi connectivity index (χ4n) is 9.45. The minimum atomic E-state index is -0.975. The SMILES string of the molecule is C[C@H](CCC(=O)[O-])[C@H]1CCC2C3C(CC[C@@]21C)[C@]1(C)C(C[C@@H](O)CC1C(=O)CN)C[C@@H]3O.[Na+]. The summed E-state index contributed by atoms with van der Waals surface area (Å²) >= 11 is 0. The number of carbonyl (C=O) groups is 2. The van der Waals surface area contributed by atoms with Crippen LogP contribution in [0.25, 0.3) is 0 Å². The Bertz CT molecular complexity index is 748. The van der Waals surface area contributed by atoms with Crippen LogP contribution < -0.4 is 40.4 Å². The van der Waals surface area contributed by atoms with Crippen LogP contribution in [0.4, 0.5) is 0 Å². The van der Waals surface area contributed by atoms with Crippen LogP contribution in [0.5, 0.6) is 0 Å². The third-order valence-corrected chi connectivity index (χ3v) is 11.0. The molecule has 33 heavy (non-hydrogen) atoms. The van der Waals surface area contributed by atoms with Crippen molar-refractivity contribution in [2.24, 2.45) is 58.0 Å². The molecular weight excluding hydrogens is 429 g/mol. The van der Waals surface area contributed by atoms with Gasteiger partial charge < -0.3 is 25.8 Å².